The first kappa shape index (κ1) is 17.0. The van der Waals surface area contributed by atoms with Gasteiger partial charge in [0.15, 0.2) is 0 Å². The highest BCUT2D eigenvalue weighted by Crippen LogP contribution is 2.35. The fraction of sp³-hybridized carbons (Fsp3) is 0. The molecule has 126 valence electrons. The number of nitrogens with one attached hydrogen (secondary N) is 2. The number of amides is 2. The van der Waals surface area contributed by atoms with Crippen molar-refractivity contribution in [1.82, 2.24) is 0 Å². The number of halogens is 1. The summed E-state index contributed by atoms with van der Waals surface area (Å²) in [7, 11) is 0. The van der Waals surface area contributed by atoms with Gasteiger partial charge in [0, 0.05) is 21.7 Å². The van der Waals surface area contributed by atoms with Gasteiger partial charge in [-0.15, -0.1) is 11.3 Å². The summed E-state index contributed by atoms with van der Waals surface area (Å²) in [5, 5.41) is 17.3. The number of carboxylic acids is 1. The normalized spacial score (nSPS) is 10.3. The third-order valence-corrected chi connectivity index (χ3v) is 4.53. The maximum absolute atomic E-state index is 12.2. The molecule has 2 aromatic carbocycles. The summed E-state index contributed by atoms with van der Waals surface area (Å²) in [5.41, 5.74) is 1.93. The number of carboxylic acid groups (broad SMARTS) is 1. The van der Waals surface area contributed by atoms with Gasteiger partial charge in [0.2, 0.25) is 0 Å². The van der Waals surface area contributed by atoms with Crippen LogP contribution in [0.3, 0.4) is 0 Å². The molecule has 25 heavy (non-hydrogen) atoms. The van der Waals surface area contributed by atoms with E-state index in [4.69, 9.17) is 11.6 Å². The van der Waals surface area contributed by atoms with Gasteiger partial charge in [-0.1, -0.05) is 48.0 Å². The molecule has 0 aliphatic rings. The highest BCUT2D eigenvalue weighted by Gasteiger charge is 2.21. The van der Waals surface area contributed by atoms with E-state index < -0.39 is 12.0 Å². The molecule has 3 rings (SSSR count). The van der Waals surface area contributed by atoms with Gasteiger partial charge in [0.25, 0.3) is 0 Å². The third-order valence-electron chi connectivity index (χ3n) is 3.40. The van der Waals surface area contributed by atoms with Crippen molar-refractivity contribution in [2.75, 3.05) is 10.6 Å². The Morgan fingerprint density at radius 2 is 1.76 bits per heavy atom. The number of anilines is 2. The Morgan fingerprint density at radius 3 is 2.44 bits per heavy atom. The first-order valence-corrected chi connectivity index (χ1v) is 8.54. The van der Waals surface area contributed by atoms with E-state index in [1.54, 1.807) is 29.6 Å². The second-order valence-corrected chi connectivity index (χ2v) is 6.43. The Balaban J connectivity index is 1.84. The van der Waals surface area contributed by atoms with E-state index in [-0.39, 0.29) is 10.6 Å². The fourth-order valence-electron chi connectivity index (χ4n) is 2.32. The molecule has 0 atom stereocenters. The molecule has 3 N–H and O–H groups in total. The number of rotatable bonds is 4. The second-order valence-electron chi connectivity index (χ2n) is 5.11. The van der Waals surface area contributed by atoms with Gasteiger partial charge in [-0.2, -0.15) is 0 Å². The highest BCUT2D eigenvalue weighted by molar-refractivity contribution is 7.15. The van der Waals surface area contributed by atoms with Crippen molar-refractivity contribution >= 4 is 45.6 Å². The first-order chi connectivity index (χ1) is 12.0. The van der Waals surface area contributed by atoms with Crippen LogP contribution >= 0.6 is 22.9 Å². The van der Waals surface area contributed by atoms with E-state index in [2.05, 4.69) is 10.6 Å². The molecule has 0 fully saturated rings. The van der Waals surface area contributed by atoms with E-state index in [9.17, 15) is 14.7 Å². The topological polar surface area (TPSA) is 78.4 Å². The lowest BCUT2D eigenvalue weighted by Gasteiger charge is -2.08. The van der Waals surface area contributed by atoms with Crippen LogP contribution in [0.4, 0.5) is 15.5 Å². The van der Waals surface area contributed by atoms with Crippen LogP contribution in [-0.4, -0.2) is 17.1 Å². The number of carbonyl (C=O) groups excluding carboxylic acids is 1. The zero-order valence-electron chi connectivity index (χ0n) is 12.8. The second kappa shape index (κ2) is 7.38. The Morgan fingerprint density at radius 1 is 1.00 bits per heavy atom. The summed E-state index contributed by atoms with van der Waals surface area (Å²) in [4.78, 5) is 23.8. The van der Waals surface area contributed by atoms with Crippen LogP contribution in [0.5, 0.6) is 0 Å². The van der Waals surface area contributed by atoms with Crippen molar-refractivity contribution in [2.24, 2.45) is 0 Å². The smallest absolute Gasteiger partial charge is 0.339 e. The number of aromatic carboxylic acids is 1. The van der Waals surface area contributed by atoms with E-state index in [0.717, 1.165) is 16.9 Å². The minimum atomic E-state index is -1.10. The zero-order valence-corrected chi connectivity index (χ0v) is 14.4. The Kier molecular flexibility index (Phi) is 5.02. The van der Waals surface area contributed by atoms with E-state index in [0.29, 0.717) is 16.3 Å². The van der Waals surface area contributed by atoms with Gasteiger partial charge in [0.05, 0.1) is 0 Å². The van der Waals surface area contributed by atoms with Crippen molar-refractivity contribution in [3.63, 3.8) is 0 Å². The maximum Gasteiger partial charge on any atom is 0.339 e. The predicted molar refractivity (Wildman–Crippen MR) is 101 cm³/mol. The Bertz CT molecular complexity index is 925. The van der Waals surface area contributed by atoms with Gasteiger partial charge < -0.3 is 10.4 Å². The van der Waals surface area contributed by atoms with E-state index in [1.807, 2.05) is 30.3 Å². The van der Waals surface area contributed by atoms with E-state index in [1.165, 1.54) is 0 Å². The predicted octanol–water partition coefficient (Wildman–Crippen LogP) is 5.41. The number of hydrogen-bond acceptors (Lipinski definition) is 3. The van der Waals surface area contributed by atoms with Crippen molar-refractivity contribution in [3.05, 3.63) is 70.6 Å². The van der Waals surface area contributed by atoms with Crippen LogP contribution in [0.1, 0.15) is 10.4 Å². The van der Waals surface area contributed by atoms with Crippen molar-refractivity contribution in [3.8, 4) is 11.1 Å². The molecule has 5 nitrogen and oxygen atoms in total. The van der Waals surface area contributed by atoms with Crippen LogP contribution in [0.25, 0.3) is 11.1 Å². The molecule has 0 saturated carbocycles. The van der Waals surface area contributed by atoms with Crippen LogP contribution in [0, 0.1) is 0 Å². The molecule has 0 aliphatic carbocycles. The van der Waals surface area contributed by atoms with Crippen molar-refractivity contribution < 1.29 is 14.7 Å². The Hall–Kier alpha value is -2.83. The molecule has 1 heterocycles. The van der Waals surface area contributed by atoms with Crippen LogP contribution < -0.4 is 10.6 Å². The largest absolute Gasteiger partial charge is 0.478 e. The summed E-state index contributed by atoms with van der Waals surface area (Å²) >= 11 is 7.04. The molecular weight excluding hydrogens is 360 g/mol. The first-order valence-electron chi connectivity index (χ1n) is 7.28. The summed E-state index contributed by atoms with van der Waals surface area (Å²) < 4.78 is 0. The average Bonchev–Trinajstić information content (AvgIpc) is 2.99. The minimum absolute atomic E-state index is 0.0671. The molecule has 0 bridgehead atoms. The number of benzene rings is 2. The van der Waals surface area contributed by atoms with Crippen molar-refractivity contribution in [1.29, 1.82) is 0 Å². The maximum atomic E-state index is 12.2. The minimum Gasteiger partial charge on any atom is -0.478 e. The lowest BCUT2D eigenvalue weighted by Crippen LogP contribution is -2.20. The van der Waals surface area contributed by atoms with Gasteiger partial charge >= 0.3 is 12.0 Å². The van der Waals surface area contributed by atoms with Crippen LogP contribution in [-0.2, 0) is 0 Å². The quantitative estimate of drug-likeness (QED) is 0.572. The standard InChI is InChI=1S/C18H13ClN2O3S/c19-12-7-4-8-13(9-12)20-18(24)21-16-15(17(22)23)14(10-25-16)11-5-2-1-3-6-11/h1-10H,(H,22,23)(H2,20,21,24). The SMILES string of the molecule is O=C(Nc1cccc(Cl)c1)Nc1scc(-c2ccccc2)c1C(=O)O. The summed E-state index contributed by atoms with van der Waals surface area (Å²) in [6.45, 7) is 0. The molecule has 3 aromatic rings. The monoisotopic (exact) mass is 372 g/mol. The molecule has 0 unspecified atom stereocenters. The molecule has 1 aromatic heterocycles. The van der Waals surface area contributed by atoms with E-state index >= 15 is 0 Å². The van der Waals surface area contributed by atoms with Gasteiger partial charge in [0.1, 0.15) is 10.6 Å². The number of urea groups is 1. The summed E-state index contributed by atoms with van der Waals surface area (Å²) in [6, 6.07) is 15.3. The molecule has 2 amide bonds. The number of thiophene rings is 1. The summed E-state index contributed by atoms with van der Waals surface area (Å²) in [5.74, 6) is -1.10. The lowest BCUT2D eigenvalue weighted by atomic mass is 10.0. The molecular formula is C18H13ClN2O3S. The average molecular weight is 373 g/mol. The summed E-state index contributed by atoms with van der Waals surface area (Å²) in [6.07, 6.45) is 0. The molecule has 0 spiro atoms. The molecule has 0 radical (unpaired) electrons. The fourth-order valence-corrected chi connectivity index (χ4v) is 3.47. The van der Waals surface area contributed by atoms with Crippen LogP contribution in [0.2, 0.25) is 5.02 Å². The van der Waals surface area contributed by atoms with Gasteiger partial charge in [-0.3, -0.25) is 5.32 Å². The number of carbonyl (C=O) groups is 2. The third kappa shape index (κ3) is 3.99. The van der Waals surface area contributed by atoms with Gasteiger partial charge in [-0.05, 0) is 23.8 Å². The van der Waals surface area contributed by atoms with Crippen LogP contribution in [0.15, 0.2) is 60.0 Å². The zero-order chi connectivity index (χ0) is 17.8. The van der Waals surface area contributed by atoms with Crippen molar-refractivity contribution in [2.45, 2.75) is 0 Å². The number of hydrogen-bond donors (Lipinski definition) is 3. The highest BCUT2D eigenvalue weighted by atomic mass is 35.5. The van der Waals surface area contributed by atoms with Gasteiger partial charge in [-0.25, -0.2) is 9.59 Å². The lowest BCUT2D eigenvalue weighted by molar-refractivity contribution is 0.0699. The molecule has 0 saturated heterocycles. The molecule has 0 aliphatic heterocycles. The molecule has 7 heteroatoms. The Labute approximate surface area is 152 Å².